The van der Waals surface area contributed by atoms with Crippen molar-refractivity contribution in [2.75, 3.05) is 19.6 Å². The van der Waals surface area contributed by atoms with Crippen molar-refractivity contribution in [1.82, 2.24) is 15.2 Å². The van der Waals surface area contributed by atoms with E-state index >= 15 is 0 Å². The third-order valence-corrected chi connectivity index (χ3v) is 3.28. The fourth-order valence-electron chi connectivity index (χ4n) is 1.96. The number of nitrogens with one attached hydrogen (secondary N) is 1. The summed E-state index contributed by atoms with van der Waals surface area (Å²) in [5.41, 5.74) is 1.04. The Balaban J connectivity index is 2.02. The van der Waals surface area contributed by atoms with Crippen LogP contribution in [0.15, 0.2) is 12.1 Å². The second-order valence-electron chi connectivity index (χ2n) is 4.17. The Morgan fingerprint density at radius 2 is 2.31 bits per heavy atom. The Morgan fingerprint density at radius 3 is 3.00 bits per heavy atom. The first-order valence-electron chi connectivity index (χ1n) is 5.42. The molecule has 0 bridgehead atoms. The molecule has 2 rings (SSSR count). The van der Waals surface area contributed by atoms with Crippen molar-refractivity contribution < 1.29 is 0 Å². The molecule has 1 aliphatic rings. The summed E-state index contributed by atoms with van der Waals surface area (Å²) in [5, 5.41) is 4.37. The molecule has 0 unspecified atom stereocenters. The summed E-state index contributed by atoms with van der Waals surface area (Å²) in [5.74, 6) is 0. The van der Waals surface area contributed by atoms with E-state index in [-0.39, 0.29) is 0 Å². The molecule has 5 heteroatoms. The van der Waals surface area contributed by atoms with Crippen LogP contribution in [0.1, 0.15) is 12.5 Å². The van der Waals surface area contributed by atoms with Crippen molar-refractivity contribution in [1.29, 1.82) is 0 Å². The minimum absolute atomic E-state index is 0.447. The average Bonchev–Trinajstić information content (AvgIpc) is 2.22. The predicted octanol–water partition coefficient (Wildman–Crippen LogP) is 2.18. The largest absolute Gasteiger partial charge is 0.312 e. The van der Waals surface area contributed by atoms with Crippen LogP contribution >= 0.6 is 23.2 Å². The summed E-state index contributed by atoms with van der Waals surface area (Å²) >= 11 is 11.8. The molecule has 1 atom stereocenters. The normalized spacial score (nSPS) is 22.3. The van der Waals surface area contributed by atoms with E-state index in [0.717, 1.165) is 31.7 Å². The van der Waals surface area contributed by atoms with Gasteiger partial charge in [0.15, 0.2) is 0 Å². The molecule has 0 aliphatic carbocycles. The molecule has 0 saturated carbocycles. The SMILES string of the molecule is C[C@@H]1CN(Cc2ccc(Cl)nc2Cl)CCN1. The number of halogens is 2. The summed E-state index contributed by atoms with van der Waals surface area (Å²) in [6.45, 7) is 6.14. The van der Waals surface area contributed by atoms with Gasteiger partial charge >= 0.3 is 0 Å². The van der Waals surface area contributed by atoms with Crippen molar-refractivity contribution in [3.8, 4) is 0 Å². The van der Waals surface area contributed by atoms with Crippen LogP contribution in [0.25, 0.3) is 0 Å². The number of nitrogens with zero attached hydrogens (tertiary/aromatic N) is 2. The maximum atomic E-state index is 6.05. The highest BCUT2D eigenvalue weighted by Gasteiger charge is 2.16. The van der Waals surface area contributed by atoms with E-state index in [1.807, 2.05) is 6.07 Å². The van der Waals surface area contributed by atoms with Crippen molar-refractivity contribution in [3.05, 3.63) is 28.0 Å². The van der Waals surface area contributed by atoms with Crippen LogP contribution in [0.5, 0.6) is 0 Å². The van der Waals surface area contributed by atoms with E-state index in [1.54, 1.807) is 6.07 Å². The van der Waals surface area contributed by atoms with Gasteiger partial charge < -0.3 is 5.32 Å². The zero-order valence-corrected chi connectivity index (χ0v) is 10.7. The van der Waals surface area contributed by atoms with Gasteiger partial charge in [0.25, 0.3) is 0 Å². The lowest BCUT2D eigenvalue weighted by molar-refractivity contribution is 0.199. The fraction of sp³-hybridized carbons (Fsp3) is 0.545. The van der Waals surface area contributed by atoms with Crippen LogP contribution in [-0.4, -0.2) is 35.6 Å². The summed E-state index contributed by atoms with van der Waals surface area (Å²) in [6, 6.07) is 4.27. The standard InChI is InChI=1S/C11H15Cl2N3/c1-8-6-16(5-4-14-8)7-9-2-3-10(12)15-11(9)13/h2-3,8,14H,4-7H2,1H3/t8-/m1/s1. The summed E-state index contributed by atoms with van der Waals surface area (Å²) in [4.78, 5) is 6.42. The van der Waals surface area contributed by atoms with Gasteiger partial charge in [-0.15, -0.1) is 0 Å². The molecule has 0 amide bonds. The number of rotatable bonds is 2. The molecule has 1 aromatic heterocycles. The predicted molar refractivity (Wildman–Crippen MR) is 67.0 cm³/mol. The Morgan fingerprint density at radius 1 is 1.50 bits per heavy atom. The van der Waals surface area contributed by atoms with Crippen molar-refractivity contribution >= 4 is 23.2 Å². The molecule has 0 radical (unpaired) electrons. The quantitative estimate of drug-likeness (QED) is 0.826. The van der Waals surface area contributed by atoms with Crippen LogP contribution in [-0.2, 0) is 6.54 Å². The van der Waals surface area contributed by atoms with Crippen LogP contribution in [0.2, 0.25) is 10.3 Å². The first-order chi connectivity index (χ1) is 7.65. The molecule has 16 heavy (non-hydrogen) atoms. The fourth-order valence-corrected chi connectivity index (χ4v) is 2.36. The van der Waals surface area contributed by atoms with Crippen LogP contribution in [0, 0.1) is 0 Å². The molecule has 1 fully saturated rings. The first kappa shape index (κ1) is 12.1. The van der Waals surface area contributed by atoms with E-state index in [0.29, 0.717) is 16.3 Å². The number of aromatic nitrogens is 1. The third kappa shape index (κ3) is 3.08. The summed E-state index contributed by atoms with van der Waals surface area (Å²) < 4.78 is 0. The molecule has 1 aromatic rings. The zero-order valence-electron chi connectivity index (χ0n) is 9.21. The molecule has 1 N–H and O–H groups in total. The molecular formula is C11H15Cl2N3. The van der Waals surface area contributed by atoms with Crippen LogP contribution in [0.4, 0.5) is 0 Å². The number of hydrogen-bond acceptors (Lipinski definition) is 3. The van der Waals surface area contributed by atoms with Gasteiger partial charge in [-0.3, -0.25) is 4.90 Å². The lowest BCUT2D eigenvalue weighted by Crippen LogP contribution is -2.48. The van der Waals surface area contributed by atoms with Crippen molar-refractivity contribution in [2.24, 2.45) is 0 Å². The molecule has 0 spiro atoms. The lowest BCUT2D eigenvalue weighted by Gasteiger charge is -2.31. The van der Waals surface area contributed by atoms with Crippen molar-refractivity contribution in [2.45, 2.75) is 19.5 Å². The molecule has 0 aromatic carbocycles. The minimum atomic E-state index is 0.447. The van der Waals surface area contributed by atoms with Gasteiger partial charge in [-0.25, -0.2) is 4.98 Å². The Hall–Kier alpha value is -0.350. The Kier molecular flexibility index (Phi) is 4.03. The van der Waals surface area contributed by atoms with E-state index in [9.17, 15) is 0 Å². The highest BCUT2D eigenvalue weighted by atomic mass is 35.5. The average molecular weight is 260 g/mol. The highest BCUT2D eigenvalue weighted by Crippen LogP contribution is 2.18. The van der Waals surface area contributed by atoms with Gasteiger partial charge in [-0.1, -0.05) is 29.3 Å². The maximum Gasteiger partial charge on any atom is 0.135 e. The highest BCUT2D eigenvalue weighted by molar-refractivity contribution is 6.32. The van der Waals surface area contributed by atoms with E-state index in [4.69, 9.17) is 23.2 Å². The molecule has 3 nitrogen and oxygen atoms in total. The van der Waals surface area contributed by atoms with Gasteiger partial charge in [0, 0.05) is 37.8 Å². The Bertz CT molecular complexity index is 370. The molecule has 1 aliphatic heterocycles. The number of pyridine rings is 1. The van der Waals surface area contributed by atoms with E-state index < -0.39 is 0 Å². The smallest absolute Gasteiger partial charge is 0.135 e. The van der Waals surface area contributed by atoms with Crippen LogP contribution in [0.3, 0.4) is 0 Å². The second kappa shape index (κ2) is 5.32. The molecule has 1 saturated heterocycles. The minimum Gasteiger partial charge on any atom is -0.312 e. The Labute approximate surface area is 106 Å². The van der Waals surface area contributed by atoms with Crippen LogP contribution < -0.4 is 5.32 Å². The zero-order chi connectivity index (χ0) is 11.5. The van der Waals surface area contributed by atoms with Crippen molar-refractivity contribution in [3.63, 3.8) is 0 Å². The van der Waals surface area contributed by atoms with Gasteiger partial charge in [-0.05, 0) is 13.0 Å². The summed E-state index contributed by atoms with van der Waals surface area (Å²) in [6.07, 6.45) is 0. The summed E-state index contributed by atoms with van der Waals surface area (Å²) in [7, 11) is 0. The lowest BCUT2D eigenvalue weighted by atomic mass is 10.2. The van der Waals surface area contributed by atoms with E-state index in [2.05, 4.69) is 22.1 Å². The number of hydrogen-bond donors (Lipinski definition) is 1. The topological polar surface area (TPSA) is 28.2 Å². The van der Waals surface area contributed by atoms with Gasteiger partial charge in [0.1, 0.15) is 10.3 Å². The molecule has 2 heterocycles. The molecule has 88 valence electrons. The van der Waals surface area contributed by atoms with Gasteiger partial charge in [0.2, 0.25) is 0 Å². The van der Waals surface area contributed by atoms with Gasteiger partial charge in [-0.2, -0.15) is 0 Å². The molecular weight excluding hydrogens is 245 g/mol. The van der Waals surface area contributed by atoms with E-state index in [1.165, 1.54) is 0 Å². The van der Waals surface area contributed by atoms with Gasteiger partial charge in [0.05, 0.1) is 0 Å². The maximum absolute atomic E-state index is 6.05. The monoisotopic (exact) mass is 259 g/mol. The number of piperazine rings is 1. The first-order valence-corrected chi connectivity index (χ1v) is 6.17. The second-order valence-corrected chi connectivity index (χ2v) is 4.92. The third-order valence-electron chi connectivity index (χ3n) is 2.74.